The van der Waals surface area contributed by atoms with E-state index in [9.17, 15) is 13.2 Å². The number of hydrogen-bond donors (Lipinski definition) is 2. The summed E-state index contributed by atoms with van der Waals surface area (Å²) in [6.45, 7) is 5.43. The molecule has 1 saturated heterocycles. The molecule has 1 aliphatic rings. The van der Waals surface area contributed by atoms with Crippen LogP contribution in [0.3, 0.4) is 0 Å². The summed E-state index contributed by atoms with van der Waals surface area (Å²) in [6, 6.07) is 3.73. The van der Waals surface area contributed by atoms with E-state index in [1.165, 1.54) is 4.90 Å². The quantitative estimate of drug-likeness (QED) is 0.352. The number of halogens is 4. The van der Waals surface area contributed by atoms with E-state index in [4.69, 9.17) is 4.42 Å². The Morgan fingerprint density at radius 2 is 2.19 bits per heavy atom. The van der Waals surface area contributed by atoms with E-state index in [-0.39, 0.29) is 30.0 Å². The van der Waals surface area contributed by atoms with Gasteiger partial charge in [0.2, 0.25) is 0 Å². The third-order valence-corrected chi connectivity index (χ3v) is 3.87. The maximum Gasteiger partial charge on any atom is 0.401 e. The van der Waals surface area contributed by atoms with E-state index in [0.29, 0.717) is 44.5 Å². The summed E-state index contributed by atoms with van der Waals surface area (Å²) in [4.78, 5) is 5.96. The Morgan fingerprint density at radius 1 is 1.42 bits per heavy atom. The molecule has 2 heterocycles. The van der Waals surface area contributed by atoms with Crippen molar-refractivity contribution < 1.29 is 17.6 Å². The molecule has 1 aromatic rings. The predicted molar refractivity (Wildman–Crippen MR) is 107 cm³/mol. The van der Waals surface area contributed by atoms with Crippen molar-refractivity contribution in [2.24, 2.45) is 10.9 Å². The van der Waals surface area contributed by atoms with Crippen LogP contribution in [0.1, 0.15) is 26.0 Å². The van der Waals surface area contributed by atoms with Crippen LogP contribution in [0.15, 0.2) is 27.8 Å². The average Bonchev–Trinajstić information content (AvgIpc) is 3.15. The Morgan fingerprint density at radius 3 is 2.81 bits per heavy atom. The van der Waals surface area contributed by atoms with Gasteiger partial charge in [-0.2, -0.15) is 13.2 Å². The average molecular weight is 488 g/mol. The first-order chi connectivity index (χ1) is 11.8. The molecular weight excluding hydrogens is 460 g/mol. The van der Waals surface area contributed by atoms with Gasteiger partial charge in [0.05, 0.1) is 12.8 Å². The Labute approximate surface area is 169 Å². The summed E-state index contributed by atoms with van der Waals surface area (Å²) in [6.07, 6.45) is -1.11. The maximum absolute atomic E-state index is 12.5. The van der Waals surface area contributed by atoms with Crippen LogP contribution in [0.5, 0.6) is 0 Å². The van der Waals surface area contributed by atoms with E-state index in [2.05, 4.69) is 29.5 Å². The molecular formula is C17H28F3IN4O. The largest absolute Gasteiger partial charge is 0.469 e. The number of nitrogens with zero attached hydrogens (tertiary/aromatic N) is 2. The molecule has 1 aromatic heterocycles. The van der Waals surface area contributed by atoms with Crippen LogP contribution >= 0.6 is 24.0 Å². The molecule has 2 rings (SSSR count). The lowest BCUT2D eigenvalue weighted by molar-refractivity contribution is -0.143. The van der Waals surface area contributed by atoms with Gasteiger partial charge in [0, 0.05) is 38.6 Å². The van der Waals surface area contributed by atoms with Crippen molar-refractivity contribution in [3.05, 3.63) is 24.2 Å². The van der Waals surface area contributed by atoms with Crippen LogP contribution in [0.25, 0.3) is 0 Å². The predicted octanol–water partition coefficient (Wildman–Crippen LogP) is 3.27. The number of alkyl halides is 3. The first-order valence-corrected chi connectivity index (χ1v) is 8.68. The van der Waals surface area contributed by atoms with Crippen LogP contribution in [0.2, 0.25) is 0 Å². The Hall–Kier alpha value is -0.970. The van der Waals surface area contributed by atoms with Crippen LogP contribution in [-0.4, -0.2) is 55.8 Å². The van der Waals surface area contributed by atoms with Gasteiger partial charge in [-0.15, -0.1) is 24.0 Å². The zero-order valence-electron chi connectivity index (χ0n) is 15.2. The highest BCUT2D eigenvalue weighted by Gasteiger charge is 2.34. The monoisotopic (exact) mass is 488 g/mol. The third-order valence-electron chi connectivity index (χ3n) is 3.87. The molecule has 1 aliphatic heterocycles. The summed E-state index contributed by atoms with van der Waals surface area (Å²) in [5.74, 6) is 1.95. The number of guanidine groups is 1. The van der Waals surface area contributed by atoms with Crippen LogP contribution in [0.4, 0.5) is 13.2 Å². The van der Waals surface area contributed by atoms with Gasteiger partial charge in [0.1, 0.15) is 5.76 Å². The molecule has 0 spiro atoms. The van der Waals surface area contributed by atoms with E-state index in [1.807, 2.05) is 12.1 Å². The molecule has 0 aromatic carbocycles. The molecule has 150 valence electrons. The van der Waals surface area contributed by atoms with Gasteiger partial charge in [-0.25, -0.2) is 0 Å². The van der Waals surface area contributed by atoms with Crippen LogP contribution in [-0.2, 0) is 6.42 Å². The fourth-order valence-electron chi connectivity index (χ4n) is 2.73. The zero-order chi connectivity index (χ0) is 18.3. The van der Waals surface area contributed by atoms with Gasteiger partial charge < -0.3 is 15.1 Å². The topological polar surface area (TPSA) is 52.8 Å². The van der Waals surface area contributed by atoms with Crippen molar-refractivity contribution in [2.45, 2.75) is 38.9 Å². The smallest absolute Gasteiger partial charge is 0.401 e. The summed E-state index contributed by atoms with van der Waals surface area (Å²) in [5, 5.41) is 6.51. The molecule has 1 atom stereocenters. The zero-order valence-corrected chi connectivity index (χ0v) is 17.5. The summed E-state index contributed by atoms with van der Waals surface area (Å²) < 4.78 is 42.8. The van der Waals surface area contributed by atoms with E-state index >= 15 is 0 Å². The fourth-order valence-corrected chi connectivity index (χ4v) is 2.73. The van der Waals surface area contributed by atoms with E-state index in [0.717, 1.165) is 12.2 Å². The fraction of sp³-hybridized carbons (Fsp3) is 0.706. The van der Waals surface area contributed by atoms with Gasteiger partial charge in [-0.05, 0) is 24.5 Å². The SMILES string of the molecule is CC(C)CN=C(NCCc1ccco1)NC1CCN(CC(F)(F)F)C1.I. The van der Waals surface area contributed by atoms with Crippen molar-refractivity contribution in [1.29, 1.82) is 0 Å². The van der Waals surface area contributed by atoms with Crippen molar-refractivity contribution in [1.82, 2.24) is 15.5 Å². The molecule has 2 N–H and O–H groups in total. The molecule has 26 heavy (non-hydrogen) atoms. The molecule has 1 unspecified atom stereocenters. The normalized spacial score (nSPS) is 18.8. The Balaban J connectivity index is 0.00000338. The van der Waals surface area contributed by atoms with Crippen molar-refractivity contribution in [2.75, 3.05) is 32.7 Å². The number of aliphatic imine (C=N–C) groups is 1. The first kappa shape index (κ1) is 23.1. The lowest BCUT2D eigenvalue weighted by Gasteiger charge is -2.20. The lowest BCUT2D eigenvalue weighted by Crippen LogP contribution is -2.46. The van der Waals surface area contributed by atoms with Crippen molar-refractivity contribution >= 4 is 29.9 Å². The number of hydrogen-bond acceptors (Lipinski definition) is 3. The number of likely N-dealkylation sites (tertiary alicyclic amines) is 1. The molecule has 9 heteroatoms. The molecule has 0 saturated carbocycles. The van der Waals surface area contributed by atoms with Gasteiger partial charge >= 0.3 is 6.18 Å². The van der Waals surface area contributed by atoms with Crippen molar-refractivity contribution in [3.8, 4) is 0 Å². The molecule has 0 bridgehead atoms. The second kappa shape index (κ2) is 11.0. The minimum atomic E-state index is -4.15. The highest BCUT2D eigenvalue weighted by atomic mass is 127. The number of furan rings is 1. The Kier molecular flexibility index (Phi) is 9.77. The van der Waals surface area contributed by atoms with E-state index < -0.39 is 12.7 Å². The minimum absolute atomic E-state index is 0. The highest BCUT2D eigenvalue weighted by Crippen LogP contribution is 2.19. The number of nitrogens with one attached hydrogen (secondary N) is 2. The van der Waals surface area contributed by atoms with Crippen LogP contribution in [0, 0.1) is 5.92 Å². The summed E-state index contributed by atoms with van der Waals surface area (Å²) in [5.41, 5.74) is 0. The second-order valence-electron chi connectivity index (χ2n) is 6.82. The minimum Gasteiger partial charge on any atom is -0.469 e. The third kappa shape index (κ3) is 9.11. The van der Waals surface area contributed by atoms with E-state index in [1.54, 1.807) is 6.26 Å². The standard InChI is InChI=1S/C17H27F3N4O.HI/c1-13(2)10-22-16(21-7-5-15-4-3-9-25-15)23-14-6-8-24(11-14)12-17(18,19)20;/h3-4,9,13-14H,5-8,10-12H2,1-2H3,(H2,21,22,23);1H. The number of rotatable bonds is 7. The highest BCUT2D eigenvalue weighted by molar-refractivity contribution is 14.0. The molecule has 0 radical (unpaired) electrons. The molecule has 5 nitrogen and oxygen atoms in total. The molecule has 0 amide bonds. The second-order valence-corrected chi connectivity index (χ2v) is 6.82. The lowest BCUT2D eigenvalue weighted by atomic mass is 10.2. The molecule has 1 fully saturated rings. The molecule has 0 aliphatic carbocycles. The van der Waals surface area contributed by atoms with Gasteiger partial charge in [0.15, 0.2) is 5.96 Å². The maximum atomic E-state index is 12.5. The van der Waals surface area contributed by atoms with Crippen LogP contribution < -0.4 is 10.6 Å². The van der Waals surface area contributed by atoms with Crippen molar-refractivity contribution in [3.63, 3.8) is 0 Å². The van der Waals surface area contributed by atoms with Gasteiger partial charge in [0.25, 0.3) is 0 Å². The van der Waals surface area contributed by atoms with Gasteiger partial charge in [-0.3, -0.25) is 9.89 Å². The summed E-state index contributed by atoms with van der Waals surface area (Å²) >= 11 is 0. The Bertz CT molecular complexity index is 535. The summed E-state index contributed by atoms with van der Waals surface area (Å²) in [7, 11) is 0. The van der Waals surface area contributed by atoms with Gasteiger partial charge in [-0.1, -0.05) is 13.8 Å². The first-order valence-electron chi connectivity index (χ1n) is 8.68.